The van der Waals surface area contributed by atoms with Gasteiger partial charge in [0.15, 0.2) is 0 Å². The lowest BCUT2D eigenvalue weighted by Gasteiger charge is -2.59. The molecule has 3 saturated carbocycles. The molecular formula is C16H24N4O4. The second kappa shape index (κ2) is 3.77. The van der Waals surface area contributed by atoms with Crippen molar-refractivity contribution in [2.45, 2.75) is 70.1 Å². The molecule has 0 unspecified atom stereocenters. The van der Waals surface area contributed by atoms with Crippen molar-refractivity contribution in [1.29, 1.82) is 0 Å². The molecule has 24 heavy (non-hydrogen) atoms. The molecule has 132 valence electrons. The fourth-order valence-electron chi connectivity index (χ4n) is 7.51. The second-order valence-corrected chi connectivity index (χ2v) is 9.36. The van der Waals surface area contributed by atoms with E-state index >= 15 is 0 Å². The molecule has 3 saturated heterocycles. The molecule has 0 aromatic rings. The third-order valence-electron chi connectivity index (χ3n) is 9.12. The van der Waals surface area contributed by atoms with Gasteiger partial charge in [-0.25, -0.2) is 0 Å². The molecule has 3 heterocycles. The topological polar surface area (TPSA) is 92.8 Å². The van der Waals surface area contributed by atoms with E-state index in [9.17, 15) is 20.2 Å². The number of hydrogen-bond acceptors (Lipinski definition) is 4. The minimum atomic E-state index is -0.964. The maximum Gasteiger partial charge on any atom is 0.257 e. The van der Waals surface area contributed by atoms with Crippen molar-refractivity contribution in [3.05, 3.63) is 20.2 Å². The first-order valence-corrected chi connectivity index (χ1v) is 8.99. The SMILES string of the molecule is CC1(C)[C@@]2(C)[C@@H]3[C@H]4[C@@H]5CCC[C@@H]5[C@@H]([C@@H]3[C@]1(C)N([O-])[N+]2=O)N([O-])[N+]4=O. The number of rotatable bonds is 0. The molecule has 8 atom stereocenters. The minimum Gasteiger partial charge on any atom is -0.704 e. The molecule has 8 nitrogen and oxygen atoms in total. The summed E-state index contributed by atoms with van der Waals surface area (Å²) in [6.45, 7) is 7.56. The average Bonchev–Trinajstić information content (AvgIpc) is 3.09. The summed E-state index contributed by atoms with van der Waals surface area (Å²) in [4.78, 5) is 26.7. The highest BCUT2D eigenvalue weighted by Crippen LogP contribution is 2.74. The Balaban J connectivity index is 1.78. The van der Waals surface area contributed by atoms with Crippen LogP contribution < -0.4 is 0 Å². The van der Waals surface area contributed by atoms with Gasteiger partial charge in [-0.2, -0.15) is 10.3 Å². The summed E-state index contributed by atoms with van der Waals surface area (Å²) in [7, 11) is 0. The van der Waals surface area contributed by atoms with E-state index in [1.54, 1.807) is 0 Å². The third-order valence-corrected chi connectivity index (χ3v) is 9.12. The quantitative estimate of drug-likeness (QED) is 0.628. The normalized spacial score (nSPS) is 56.9. The highest BCUT2D eigenvalue weighted by Gasteiger charge is 2.92. The van der Waals surface area contributed by atoms with Crippen molar-refractivity contribution >= 4 is 0 Å². The van der Waals surface area contributed by atoms with Crippen LogP contribution in [0.4, 0.5) is 0 Å². The Labute approximate surface area is 140 Å². The zero-order valence-corrected chi connectivity index (χ0v) is 14.5. The first-order valence-electron chi connectivity index (χ1n) is 8.99. The molecule has 8 heteroatoms. The highest BCUT2D eigenvalue weighted by atomic mass is 16.6. The fourth-order valence-corrected chi connectivity index (χ4v) is 7.51. The molecule has 6 rings (SSSR count). The van der Waals surface area contributed by atoms with Crippen molar-refractivity contribution in [2.24, 2.45) is 29.1 Å². The van der Waals surface area contributed by atoms with E-state index < -0.39 is 28.6 Å². The van der Waals surface area contributed by atoms with E-state index in [-0.39, 0.29) is 23.7 Å². The Bertz CT molecular complexity index is 683. The number of hydrazine groups is 2. The summed E-state index contributed by atoms with van der Waals surface area (Å²) in [6.07, 6.45) is 2.89. The molecule has 0 spiro atoms. The van der Waals surface area contributed by atoms with Crippen LogP contribution in [0.2, 0.25) is 0 Å². The summed E-state index contributed by atoms with van der Waals surface area (Å²) in [6, 6.07) is -0.970. The van der Waals surface area contributed by atoms with E-state index in [0.29, 0.717) is 20.1 Å². The Morgan fingerprint density at radius 2 is 1.62 bits per heavy atom. The lowest BCUT2D eigenvalue weighted by Crippen LogP contribution is -2.76. The van der Waals surface area contributed by atoms with Crippen LogP contribution in [0.1, 0.15) is 47.0 Å². The first-order chi connectivity index (χ1) is 11.1. The fraction of sp³-hybridized carbons (Fsp3) is 1.00. The maximum absolute atomic E-state index is 12.8. The molecular weight excluding hydrogens is 312 g/mol. The molecule has 0 radical (unpaired) electrons. The number of hydroxylamine groups is 2. The van der Waals surface area contributed by atoms with Gasteiger partial charge in [0.05, 0.1) is 21.3 Å². The molecule has 0 aromatic carbocycles. The van der Waals surface area contributed by atoms with E-state index in [4.69, 9.17) is 0 Å². The molecule has 6 fully saturated rings. The summed E-state index contributed by atoms with van der Waals surface area (Å²) in [5.74, 6) is -0.148. The maximum atomic E-state index is 12.8. The number of nitroso groups, excluding NO2 is 2. The van der Waals surface area contributed by atoms with Crippen molar-refractivity contribution in [3.8, 4) is 0 Å². The van der Waals surface area contributed by atoms with Gasteiger partial charge in [0, 0.05) is 18.8 Å². The predicted octanol–water partition coefficient (Wildman–Crippen LogP) is 1.96. The molecule has 3 aliphatic heterocycles. The lowest BCUT2D eigenvalue weighted by atomic mass is 9.57. The zero-order chi connectivity index (χ0) is 17.4. The van der Waals surface area contributed by atoms with E-state index in [2.05, 4.69) is 0 Å². The third kappa shape index (κ3) is 1.07. The Hall–Kier alpha value is -1.28. The van der Waals surface area contributed by atoms with Gasteiger partial charge < -0.3 is 10.4 Å². The van der Waals surface area contributed by atoms with Gasteiger partial charge >= 0.3 is 0 Å². The van der Waals surface area contributed by atoms with Crippen LogP contribution in [0.3, 0.4) is 0 Å². The summed E-state index contributed by atoms with van der Waals surface area (Å²) in [5, 5.41) is 26.7. The van der Waals surface area contributed by atoms with Gasteiger partial charge in [-0.15, -0.1) is 0 Å². The predicted molar refractivity (Wildman–Crippen MR) is 83.6 cm³/mol. The molecule has 6 aliphatic rings. The largest absolute Gasteiger partial charge is 0.704 e. The van der Waals surface area contributed by atoms with E-state index in [0.717, 1.165) is 19.3 Å². The van der Waals surface area contributed by atoms with Gasteiger partial charge in [-0.1, -0.05) is 20.3 Å². The van der Waals surface area contributed by atoms with Gasteiger partial charge in [0.25, 0.3) is 5.54 Å². The molecule has 3 aliphatic carbocycles. The van der Waals surface area contributed by atoms with E-state index in [1.807, 2.05) is 27.7 Å². The Morgan fingerprint density at radius 1 is 1.00 bits per heavy atom. The van der Waals surface area contributed by atoms with Crippen LogP contribution in [0, 0.1) is 49.3 Å². The van der Waals surface area contributed by atoms with Crippen LogP contribution in [0.15, 0.2) is 0 Å². The molecule has 0 amide bonds. The number of hydrogen-bond donors (Lipinski definition) is 0. The van der Waals surface area contributed by atoms with E-state index in [1.165, 1.54) is 0 Å². The summed E-state index contributed by atoms with van der Waals surface area (Å²) in [5.41, 5.74) is -2.54. The first kappa shape index (κ1) is 15.0. The average molecular weight is 336 g/mol. The van der Waals surface area contributed by atoms with Crippen molar-refractivity contribution in [2.75, 3.05) is 0 Å². The van der Waals surface area contributed by atoms with Gasteiger partial charge in [-0.3, -0.25) is 0 Å². The second-order valence-electron chi connectivity index (χ2n) is 9.36. The molecule has 0 aromatic heterocycles. The monoisotopic (exact) mass is 336 g/mol. The van der Waals surface area contributed by atoms with Gasteiger partial charge in [-0.05, 0) is 25.7 Å². The summed E-state index contributed by atoms with van der Waals surface area (Å²) >= 11 is 0. The minimum absolute atomic E-state index is 0.169. The van der Waals surface area contributed by atoms with Crippen molar-refractivity contribution < 1.29 is 9.74 Å². The molecule has 4 bridgehead atoms. The van der Waals surface area contributed by atoms with Crippen molar-refractivity contribution in [3.63, 3.8) is 0 Å². The lowest BCUT2D eigenvalue weighted by molar-refractivity contribution is -0.811. The Kier molecular flexibility index (Phi) is 2.36. The number of fused-ring (bicyclic) bond motifs is 3. The van der Waals surface area contributed by atoms with Crippen molar-refractivity contribution in [1.82, 2.24) is 10.3 Å². The summed E-state index contributed by atoms with van der Waals surface area (Å²) < 4.78 is 0. The van der Waals surface area contributed by atoms with Gasteiger partial charge in [0.2, 0.25) is 6.04 Å². The Morgan fingerprint density at radius 3 is 2.29 bits per heavy atom. The number of nitrogens with zero attached hydrogens (tertiary/aromatic N) is 4. The van der Waals surface area contributed by atoms with Crippen LogP contribution in [0.25, 0.3) is 0 Å². The standard InChI is InChI=1S/C16H24N4O4/c1-14(2)15(3)10-11(16(14,4)20(24)19(15)23)13-9-7-5-6-8(9)12(10)17(21)18(13)22/h8-13H,5-7H2,1-4H3/t8-,9+,10+,11-,12-,13+,15-,16+. The van der Waals surface area contributed by atoms with Crippen LogP contribution in [0.5, 0.6) is 0 Å². The zero-order valence-electron chi connectivity index (χ0n) is 14.5. The van der Waals surface area contributed by atoms with Crippen LogP contribution in [-0.2, 0) is 0 Å². The van der Waals surface area contributed by atoms with Gasteiger partial charge in [0.1, 0.15) is 21.2 Å². The van der Waals surface area contributed by atoms with Crippen LogP contribution in [-0.4, -0.2) is 43.2 Å². The van der Waals surface area contributed by atoms with Crippen LogP contribution >= 0.6 is 0 Å². The molecule has 0 N–H and O–H groups in total. The smallest absolute Gasteiger partial charge is 0.257 e. The highest BCUT2D eigenvalue weighted by molar-refractivity contribution is 5.29.